The first-order valence-electron chi connectivity index (χ1n) is 10.3. The zero-order valence-electron chi connectivity index (χ0n) is 16.8. The summed E-state index contributed by atoms with van der Waals surface area (Å²) in [6.07, 6.45) is 3.63. The van der Waals surface area contributed by atoms with Gasteiger partial charge in [0.15, 0.2) is 0 Å². The van der Waals surface area contributed by atoms with Crippen LogP contribution in [-0.4, -0.2) is 28.9 Å². The summed E-state index contributed by atoms with van der Waals surface area (Å²) in [5, 5.41) is 3.09. The second-order valence-electron chi connectivity index (χ2n) is 7.75. The number of nitrogens with zero attached hydrogens (tertiary/aromatic N) is 2. The van der Waals surface area contributed by atoms with E-state index >= 15 is 0 Å². The van der Waals surface area contributed by atoms with Crippen LogP contribution < -0.4 is 5.32 Å². The molecule has 1 N–H and O–H groups in total. The van der Waals surface area contributed by atoms with Gasteiger partial charge < -0.3 is 5.32 Å². The third-order valence-electron chi connectivity index (χ3n) is 5.71. The van der Waals surface area contributed by atoms with E-state index in [0.717, 1.165) is 49.4 Å². The second kappa shape index (κ2) is 9.01. The maximum absolute atomic E-state index is 12.7. The summed E-state index contributed by atoms with van der Waals surface area (Å²) in [6, 6.07) is 22.4. The molecule has 29 heavy (non-hydrogen) atoms. The summed E-state index contributed by atoms with van der Waals surface area (Å²) in [5.74, 6) is 0.205. The topological polar surface area (TPSA) is 45.2 Å². The van der Waals surface area contributed by atoms with Crippen LogP contribution in [0.25, 0.3) is 11.1 Å². The van der Waals surface area contributed by atoms with Crippen LogP contribution in [0.3, 0.4) is 0 Å². The number of likely N-dealkylation sites (tertiary alicyclic amines) is 1. The van der Waals surface area contributed by atoms with Crippen molar-refractivity contribution < 1.29 is 4.79 Å². The number of aryl methyl sites for hydroxylation is 1. The standard InChI is InChI=1S/C25H27N3O/c1-19-6-5-15-26-24(19)18-28-16-13-22(14-17-28)25(29)27-23-11-9-21(10-12-23)20-7-3-2-4-8-20/h2-12,15,22H,13-14,16-18H2,1H3,(H,27,29). The second-order valence-corrected chi connectivity index (χ2v) is 7.75. The number of carbonyl (C=O) groups excluding carboxylic acids is 1. The minimum atomic E-state index is 0.0740. The SMILES string of the molecule is Cc1cccnc1CN1CCC(C(=O)Nc2ccc(-c3ccccc3)cc2)CC1. The van der Waals surface area contributed by atoms with Crippen molar-refractivity contribution in [2.24, 2.45) is 5.92 Å². The molecule has 2 aromatic carbocycles. The van der Waals surface area contributed by atoms with Gasteiger partial charge in [-0.2, -0.15) is 0 Å². The molecule has 0 saturated carbocycles. The highest BCUT2D eigenvalue weighted by Gasteiger charge is 2.25. The van der Waals surface area contributed by atoms with Crippen molar-refractivity contribution in [1.82, 2.24) is 9.88 Å². The molecule has 4 nitrogen and oxygen atoms in total. The van der Waals surface area contributed by atoms with Crippen LogP contribution in [0.5, 0.6) is 0 Å². The monoisotopic (exact) mass is 385 g/mol. The molecule has 4 heteroatoms. The molecule has 1 aromatic heterocycles. The molecule has 3 aromatic rings. The van der Waals surface area contributed by atoms with Gasteiger partial charge in [-0.25, -0.2) is 0 Å². The first-order valence-corrected chi connectivity index (χ1v) is 10.3. The Hall–Kier alpha value is -2.98. The van der Waals surface area contributed by atoms with Crippen LogP contribution in [-0.2, 0) is 11.3 Å². The van der Waals surface area contributed by atoms with Gasteiger partial charge >= 0.3 is 0 Å². The third-order valence-corrected chi connectivity index (χ3v) is 5.71. The number of rotatable bonds is 5. The largest absolute Gasteiger partial charge is 0.326 e. The fourth-order valence-corrected chi connectivity index (χ4v) is 3.87. The maximum Gasteiger partial charge on any atom is 0.227 e. The molecular formula is C25H27N3O. The summed E-state index contributed by atoms with van der Waals surface area (Å²) in [4.78, 5) is 19.6. The Labute approximate surface area is 172 Å². The predicted octanol–water partition coefficient (Wildman–Crippen LogP) is 4.91. The smallest absolute Gasteiger partial charge is 0.227 e. The highest BCUT2D eigenvalue weighted by Crippen LogP contribution is 2.24. The highest BCUT2D eigenvalue weighted by molar-refractivity contribution is 5.92. The Balaban J connectivity index is 1.29. The Bertz CT molecular complexity index is 945. The molecule has 1 saturated heterocycles. The summed E-state index contributed by atoms with van der Waals surface area (Å²) in [6.45, 7) is 4.83. The van der Waals surface area contributed by atoms with Crippen molar-refractivity contribution in [3.63, 3.8) is 0 Å². The van der Waals surface area contributed by atoms with Crippen LogP contribution in [0.15, 0.2) is 72.9 Å². The Morgan fingerprint density at radius 1 is 0.966 bits per heavy atom. The van der Waals surface area contributed by atoms with Crippen molar-refractivity contribution >= 4 is 11.6 Å². The molecule has 0 bridgehead atoms. The van der Waals surface area contributed by atoms with Gasteiger partial charge in [0.05, 0.1) is 5.69 Å². The molecule has 1 aliphatic heterocycles. The third kappa shape index (κ3) is 4.90. The molecule has 0 unspecified atom stereocenters. The van der Waals surface area contributed by atoms with Gasteiger partial charge in [-0.05, 0) is 67.7 Å². The molecule has 0 spiro atoms. The average Bonchev–Trinajstić information content (AvgIpc) is 2.77. The normalized spacial score (nSPS) is 15.2. The molecule has 0 aliphatic carbocycles. The molecule has 0 radical (unpaired) electrons. The summed E-state index contributed by atoms with van der Waals surface area (Å²) >= 11 is 0. The molecule has 0 atom stereocenters. The van der Waals surface area contributed by atoms with Gasteiger partial charge in [0.25, 0.3) is 0 Å². The van der Waals surface area contributed by atoms with Crippen LogP contribution >= 0.6 is 0 Å². The molecule has 1 amide bonds. The van der Waals surface area contributed by atoms with E-state index in [0.29, 0.717) is 0 Å². The first kappa shape index (κ1) is 19.3. The lowest BCUT2D eigenvalue weighted by Gasteiger charge is -2.31. The molecular weight excluding hydrogens is 358 g/mol. The number of hydrogen-bond acceptors (Lipinski definition) is 3. The van der Waals surface area contributed by atoms with Crippen LogP contribution in [0.4, 0.5) is 5.69 Å². The van der Waals surface area contributed by atoms with E-state index in [1.54, 1.807) is 0 Å². The number of pyridine rings is 1. The van der Waals surface area contributed by atoms with Crippen molar-refractivity contribution in [3.8, 4) is 11.1 Å². The van der Waals surface area contributed by atoms with Crippen LogP contribution in [0.1, 0.15) is 24.1 Å². The predicted molar refractivity (Wildman–Crippen MR) is 117 cm³/mol. The van der Waals surface area contributed by atoms with Gasteiger partial charge in [-0.3, -0.25) is 14.7 Å². The van der Waals surface area contributed by atoms with E-state index < -0.39 is 0 Å². The average molecular weight is 386 g/mol. The van der Waals surface area contributed by atoms with E-state index in [4.69, 9.17) is 0 Å². The summed E-state index contributed by atoms with van der Waals surface area (Å²) < 4.78 is 0. The van der Waals surface area contributed by atoms with Gasteiger partial charge in [0.2, 0.25) is 5.91 Å². The lowest BCUT2D eigenvalue weighted by Crippen LogP contribution is -2.38. The summed E-state index contributed by atoms with van der Waals surface area (Å²) in [5.41, 5.74) is 5.56. The van der Waals surface area contributed by atoms with Gasteiger partial charge in [-0.1, -0.05) is 48.5 Å². The van der Waals surface area contributed by atoms with E-state index in [1.807, 2.05) is 42.6 Å². The number of piperidine rings is 1. The number of aromatic nitrogens is 1. The van der Waals surface area contributed by atoms with E-state index in [1.165, 1.54) is 11.1 Å². The van der Waals surface area contributed by atoms with Crippen molar-refractivity contribution in [1.29, 1.82) is 0 Å². The van der Waals surface area contributed by atoms with Crippen molar-refractivity contribution in [2.45, 2.75) is 26.3 Å². The number of amides is 1. The van der Waals surface area contributed by atoms with Crippen LogP contribution in [0.2, 0.25) is 0 Å². The number of benzene rings is 2. The molecule has 148 valence electrons. The van der Waals surface area contributed by atoms with Crippen molar-refractivity contribution in [3.05, 3.63) is 84.2 Å². The number of nitrogens with one attached hydrogen (secondary N) is 1. The zero-order valence-corrected chi connectivity index (χ0v) is 16.8. The lowest BCUT2D eigenvalue weighted by atomic mass is 9.95. The van der Waals surface area contributed by atoms with Gasteiger partial charge in [0, 0.05) is 24.3 Å². The zero-order chi connectivity index (χ0) is 20.1. The van der Waals surface area contributed by atoms with Crippen molar-refractivity contribution in [2.75, 3.05) is 18.4 Å². The molecule has 2 heterocycles. The van der Waals surface area contributed by atoms with Gasteiger partial charge in [-0.15, -0.1) is 0 Å². The maximum atomic E-state index is 12.7. The molecule has 1 aliphatic rings. The first-order chi connectivity index (χ1) is 14.2. The van der Waals surface area contributed by atoms with E-state index in [9.17, 15) is 4.79 Å². The quantitative estimate of drug-likeness (QED) is 0.679. The van der Waals surface area contributed by atoms with Crippen LogP contribution in [0, 0.1) is 12.8 Å². The Kier molecular flexibility index (Phi) is 6.01. The van der Waals surface area contributed by atoms with E-state index in [-0.39, 0.29) is 11.8 Å². The Morgan fingerprint density at radius 2 is 1.66 bits per heavy atom. The number of carbonyl (C=O) groups is 1. The van der Waals surface area contributed by atoms with Gasteiger partial charge in [0.1, 0.15) is 0 Å². The fourth-order valence-electron chi connectivity index (χ4n) is 3.87. The summed E-state index contributed by atoms with van der Waals surface area (Å²) in [7, 11) is 0. The molecule has 1 fully saturated rings. The highest BCUT2D eigenvalue weighted by atomic mass is 16.1. The lowest BCUT2D eigenvalue weighted by molar-refractivity contribution is -0.121. The molecule has 4 rings (SSSR count). The fraction of sp³-hybridized carbons (Fsp3) is 0.280. The Morgan fingerprint density at radius 3 is 2.34 bits per heavy atom. The minimum absolute atomic E-state index is 0.0740. The number of anilines is 1. The minimum Gasteiger partial charge on any atom is -0.326 e. The number of hydrogen-bond donors (Lipinski definition) is 1. The van der Waals surface area contributed by atoms with E-state index in [2.05, 4.69) is 52.5 Å².